The Morgan fingerprint density at radius 3 is 2.69 bits per heavy atom. The van der Waals surface area contributed by atoms with Gasteiger partial charge in [-0.05, 0) is 38.2 Å². The molecule has 0 radical (unpaired) electrons. The second-order valence-corrected chi connectivity index (χ2v) is 5.50. The van der Waals surface area contributed by atoms with E-state index < -0.39 is 6.04 Å². The summed E-state index contributed by atoms with van der Waals surface area (Å²) in [7, 11) is 1.34. The van der Waals surface area contributed by atoms with Gasteiger partial charge in [0.2, 0.25) is 0 Å². The number of hydrogen-bond donors (Lipinski definition) is 1. The van der Waals surface area contributed by atoms with Gasteiger partial charge in [-0.25, -0.2) is 0 Å². The Bertz CT molecular complexity index is 261. The topological polar surface area (TPSA) is 76.1 Å². The third-order valence-electron chi connectivity index (χ3n) is 2.25. The molecule has 0 spiro atoms. The van der Waals surface area contributed by atoms with Crippen molar-refractivity contribution >= 4 is 17.7 Å². The zero-order valence-electron chi connectivity index (χ0n) is 10.2. The first-order chi connectivity index (χ1) is 7.43. The molecule has 2 N–H and O–H groups in total. The molecule has 0 aliphatic carbocycles. The fraction of sp³-hybridized carbons (Fsp3) is 0.818. The zero-order chi connectivity index (χ0) is 12.6. The number of thioether (sulfide) groups is 1. The smallest absolute Gasteiger partial charge is 0.322 e. The van der Waals surface area contributed by atoms with Gasteiger partial charge in [-0.1, -0.05) is 0 Å². The molecule has 0 saturated heterocycles. The van der Waals surface area contributed by atoms with E-state index in [9.17, 15) is 4.79 Å². The average Bonchev–Trinajstić information content (AvgIpc) is 2.27. The van der Waals surface area contributed by atoms with Crippen LogP contribution in [0, 0.1) is 16.7 Å². The molecular formula is C11H20N2O2S. The van der Waals surface area contributed by atoms with E-state index >= 15 is 0 Å². The average molecular weight is 244 g/mol. The molecule has 0 aromatic heterocycles. The number of nitrogens with zero attached hydrogens (tertiary/aromatic N) is 1. The summed E-state index contributed by atoms with van der Waals surface area (Å²) in [5, 5.41) is 8.80. The molecule has 0 saturated carbocycles. The predicted octanol–water partition coefficient (Wildman–Crippen LogP) is 1.55. The summed E-state index contributed by atoms with van der Waals surface area (Å²) in [6.45, 7) is 3.85. The van der Waals surface area contributed by atoms with Crippen molar-refractivity contribution in [1.29, 1.82) is 5.26 Å². The van der Waals surface area contributed by atoms with E-state index in [1.54, 1.807) is 11.8 Å². The van der Waals surface area contributed by atoms with E-state index in [0.717, 1.165) is 17.9 Å². The Morgan fingerprint density at radius 1 is 1.56 bits per heavy atom. The number of nitriles is 1. The Hall–Kier alpha value is -0.730. The Kier molecular flexibility index (Phi) is 7.18. The number of nitrogens with two attached hydrogens (primary N) is 1. The van der Waals surface area contributed by atoms with Gasteiger partial charge in [0.15, 0.2) is 0 Å². The fourth-order valence-electron chi connectivity index (χ4n) is 0.965. The minimum Gasteiger partial charge on any atom is -0.468 e. The molecule has 92 valence electrons. The maximum absolute atomic E-state index is 11.0. The number of carbonyl (C=O) groups excluding carboxylic acids is 1. The highest BCUT2D eigenvalue weighted by Crippen LogP contribution is 2.21. The van der Waals surface area contributed by atoms with Crippen LogP contribution in [-0.2, 0) is 9.53 Å². The molecule has 0 bridgehead atoms. The van der Waals surface area contributed by atoms with E-state index in [4.69, 9.17) is 11.0 Å². The maximum Gasteiger partial charge on any atom is 0.322 e. The van der Waals surface area contributed by atoms with Gasteiger partial charge in [-0.3, -0.25) is 4.79 Å². The molecule has 1 unspecified atom stereocenters. The van der Waals surface area contributed by atoms with Crippen LogP contribution in [0.2, 0.25) is 0 Å². The van der Waals surface area contributed by atoms with Gasteiger partial charge in [0.05, 0.1) is 18.6 Å². The summed E-state index contributed by atoms with van der Waals surface area (Å²) < 4.78 is 4.52. The summed E-state index contributed by atoms with van der Waals surface area (Å²) in [5.74, 6) is 1.37. The molecule has 0 aliphatic rings. The first kappa shape index (κ1) is 15.3. The lowest BCUT2D eigenvalue weighted by atomic mass is 9.93. The van der Waals surface area contributed by atoms with Crippen LogP contribution in [0.15, 0.2) is 0 Å². The van der Waals surface area contributed by atoms with Crippen molar-refractivity contribution in [3.63, 3.8) is 0 Å². The van der Waals surface area contributed by atoms with E-state index in [1.807, 2.05) is 13.8 Å². The van der Waals surface area contributed by atoms with Gasteiger partial charge in [-0.2, -0.15) is 17.0 Å². The third-order valence-corrected chi connectivity index (χ3v) is 3.27. The molecule has 0 fully saturated rings. The lowest BCUT2D eigenvalue weighted by molar-refractivity contribution is -0.142. The molecule has 0 aromatic rings. The van der Waals surface area contributed by atoms with Crippen molar-refractivity contribution in [1.82, 2.24) is 0 Å². The lowest BCUT2D eigenvalue weighted by Gasteiger charge is -2.14. The van der Waals surface area contributed by atoms with Crippen LogP contribution in [0.4, 0.5) is 0 Å². The highest BCUT2D eigenvalue weighted by molar-refractivity contribution is 7.99. The Morgan fingerprint density at radius 2 is 2.19 bits per heavy atom. The second-order valence-electron chi connectivity index (χ2n) is 4.28. The quantitative estimate of drug-likeness (QED) is 0.543. The van der Waals surface area contributed by atoms with Crippen LogP contribution in [0.3, 0.4) is 0 Å². The number of rotatable bonds is 7. The van der Waals surface area contributed by atoms with E-state index in [1.165, 1.54) is 7.11 Å². The highest BCUT2D eigenvalue weighted by Gasteiger charge is 2.16. The number of carbonyl (C=O) groups is 1. The van der Waals surface area contributed by atoms with Crippen LogP contribution in [0.25, 0.3) is 0 Å². The molecule has 0 aromatic carbocycles. The third kappa shape index (κ3) is 6.70. The molecule has 0 heterocycles. The van der Waals surface area contributed by atoms with Crippen LogP contribution < -0.4 is 5.73 Å². The summed E-state index contributed by atoms with van der Waals surface area (Å²) in [4.78, 5) is 11.0. The van der Waals surface area contributed by atoms with Crippen molar-refractivity contribution in [2.75, 3.05) is 18.6 Å². The molecule has 5 heteroatoms. The van der Waals surface area contributed by atoms with Crippen LogP contribution in [0.1, 0.15) is 26.7 Å². The monoisotopic (exact) mass is 244 g/mol. The van der Waals surface area contributed by atoms with Crippen molar-refractivity contribution in [2.24, 2.45) is 11.1 Å². The Balaban J connectivity index is 3.55. The second kappa shape index (κ2) is 7.53. The van der Waals surface area contributed by atoms with Crippen molar-refractivity contribution < 1.29 is 9.53 Å². The standard InChI is InChI=1S/C11H20N2O2S/c1-11(2,8-12)5-7-16-6-4-9(13)10(14)15-3/h9H,4-7,13H2,1-3H3. The minimum absolute atomic E-state index is 0.266. The molecule has 0 rings (SSSR count). The van der Waals surface area contributed by atoms with Gasteiger partial charge in [-0.15, -0.1) is 0 Å². The van der Waals surface area contributed by atoms with Crippen molar-refractivity contribution in [3.8, 4) is 6.07 Å². The zero-order valence-corrected chi connectivity index (χ0v) is 11.0. The number of ether oxygens (including phenoxy) is 1. The number of hydrogen-bond acceptors (Lipinski definition) is 5. The maximum atomic E-state index is 11.0. The molecule has 0 amide bonds. The van der Waals surface area contributed by atoms with Crippen LogP contribution in [-0.4, -0.2) is 30.6 Å². The number of esters is 1. The first-order valence-electron chi connectivity index (χ1n) is 5.25. The van der Waals surface area contributed by atoms with Gasteiger partial charge >= 0.3 is 5.97 Å². The van der Waals surface area contributed by atoms with E-state index in [-0.39, 0.29) is 11.4 Å². The molecule has 4 nitrogen and oxygen atoms in total. The molecule has 0 aliphatic heterocycles. The Labute approximate surface area is 102 Å². The van der Waals surface area contributed by atoms with Gasteiger partial charge in [0, 0.05) is 0 Å². The molecular weight excluding hydrogens is 224 g/mol. The summed E-state index contributed by atoms with van der Waals surface area (Å²) in [6.07, 6.45) is 1.46. The first-order valence-corrected chi connectivity index (χ1v) is 6.41. The normalized spacial score (nSPS) is 12.9. The van der Waals surface area contributed by atoms with E-state index in [0.29, 0.717) is 6.42 Å². The van der Waals surface area contributed by atoms with Crippen molar-refractivity contribution in [3.05, 3.63) is 0 Å². The lowest BCUT2D eigenvalue weighted by Crippen LogP contribution is -2.32. The van der Waals surface area contributed by atoms with E-state index in [2.05, 4.69) is 10.8 Å². The highest BCUT2D eigenvalue weighted by atomic mass is 32.2. The van der Waals surface area contributed by atoms with Crippen LogP contribution in [0.5, 0.6) is 0 Å². The summed E-state index contributed by atoms with van der Waals surface area (Å²) >= 11 is 1.71. The largest absolute Gasteiger partial charge is 0.468 e. The van der Waals surface area contributed by atoms with Gasteiger partial charge in [0.25, 0.3) is 0 Å². The fourth-order valence-corrected chi connectivity index (χ4v) is 2.24. The van der Waals surface area contributed by atoms with Crippen LogP contribution >= 0.6 is 11.8 Å². The summed E-state index contributed by atoms with van der Waals surface area (Å²) in [5.41, 5.74) is 5.32. The van der Waals surface area contributed by atoms with Gasteiger partial charge in [0.1, 0.15) is 6.04 Å². The van der Waals surface area contributed by atoms with Gasteiger partial charge < -0.3 is 10.5 Å². The predicted molar refractivity (Wildman–Crippen MR) is 65.9 cm³/mol. The minimum atomic E-state index is -0.526. The molecule has 1 atom stereocenters. The van der Waals surface area contributed by atoms with Crippen molar-refractivity contribution in [2.45, 2.75) is 32.7 Å². The number of methoxy groups -OCH3 is 1. The SMILES string of the molecule is COC(=O)C(N)CCSCCC(C)(C)C#N. The molecule has 16 heavy (non-hydrogen) atoms. The summed E-state index contributed by atoms with van der Waals surface area (Å²) in [6, 6.07) is 1.73.